The van der Waals surface area contributed by atoms with Gasteiger partial charge in [-0.05, 0) is 92.3 Å². The summed E-state index contributed by atoms with van der Waals surface area (Å²) in [5.74, 6) is -1.39. The summed E-state index contributed by atoms with van der Waals surface area (Å²) in [5.41, 5.74) is 4.58. The maximum absolute atomic E-state index is 14.1. The number of carbonyl (C=O) groups excluding carboxylic acids is 1. The van der Waals surface area contributed by atoms with Crippen molar-refractivity contribution in [3.63, 3.8) is 0 Å². The maximum atomic E-state index is 14.1. The number of carboxylic acid groups (broad SMARTS) is 1. The van der Waals surface area contributed by atoms with Crippen LogP contribution in [0.5, 0.6) is 5.75 Å². The fourth-order valence-corrected chi connectivity index (χ4v) is 5.46. The molecule has 2 aliphatic rings. The Hall–Kier alpha value is -3.71. The van der Waals surface area contributed by atoms with Crippen molar-refractivity contribution in [2.45, 2.75) is 38.3 Å². The lowest BCUT2D eigenvalue weighted by Crippen LogP contribution is -2.34. The number of fused-ring (bicyclic) bond motifs is 1. The molecular formula is C30H31FN2O4. The molecule has 1 saturated heterocycles. The highest BCUT2D eigenvalue weighted by Crippen LogP contribution is 2.38. The van der Waals surface area contributed by atoms with Gasteiger partial charge < -0.3 is 19.6 Å². The number of benzene rings is 3. The fraction of sp³-hybridized carbons (Fsp3) is 0.333. The van der Waals surface area contributed by atoms with Crippen LogP contribution in [-0.4, -0.2) is 53.5 Å². The van der Waals surface area contributed by atoms with E-state index < -0.39 is 17.8 Å². The quantitative estimate of drug-likeness (QED) is 0.463. The summed E-state index contributed by atoms with van der Waals surface area (Å²) in [7, 11) is 2.16. The monoisotopic (exact) mass is 502 g/mol. The van der Waals surface area contributed by atoms with Gasteiger partial charge in [0.1, 0.15) is 11.6 Å². The largest absolute Gasteiger partial charge is 0.493 e. The molecule has 0 radical (unpaired) electrons. The van der Waals surface area contributed by atoms with E-state index in [1.54, 1.807) is 6.92 Å². The van der Waals surface area contributed by atoms with E-state index >= 15 is 0 Å². The summed E-state index contributed by atoms with van der Waals surface area (Å²) < 4.78 is 19.7. The van der Waals surface area contributed by atoms with E-state index in [1.807, 2.05) is 18.2 Å². The predicted molar refractivity (Wildman–Crippen MR) is 139 cm³/mol. The van der Waals surface area contributed by atoms with E-state index in [-0.39, 0.29) is 23.8 Å². The lowest BCUT2D eigenvalue weighted by atomic mass is 9.88. The van der Waals surface area contributed by atoms with Gasteiger partial charge >= 0.3 is 5.97 Å². The molecule has 1 N–H and O–H groups in total. The SMILES string of the molecule is CCOc1ccc(F)cc1C(C(=O)O)N1Cc2ccc(-c3ccc(C4CCN(C)CC4)cc3)cc2C1=O. The van der Waals surface area contributed by atoms with Gasteiger partial charge in [0.2, 0.25) is 0 Å². The molecule has 0 aliphatic carbocycles. The van der Waals surface area contributed by atoms with Crippen LogP contribution in [0, 0.1) is 5.82 Å². The van der Waals surface area contributed by atoms with Gasteiger partial charge in [-0.3, -0.25) is 4.79 Å². The summed E-state index contributed by atoms with van der Waals surface area (Å²) in [6.07, 6.45) is 2.31. The Morgan fingerprint density at radius 2 is 1.76 bits per heavy atom. The van der Waals surface area contributed by atoms with E-state index in [0.29, 0.717) is 18.1 Å². The standard InChI is InChI=1S/C30H31FN2O4/c1-3-37-27-11-10-24(31)17-26(27)28(30(35)36)33-18-23-9-8-22(16-25(23)29(33)34)20-6-4-19(5-7-20)21-12-14-32(2)15-13-21/h4-11,16-17,21,28H,3,12-15,18H2,1-2H3,(H,35,36). The van der Waals surface area contributed by atoms with E-state index in [4.69, 9.17) is 4.74 Å². The first-order valence-electron chi connectivity index (χ1n) is 12.7. The van der Waals surface area contributed by atoms with Crippen LogP contribution in [0.1, 0.15) is 58.8 Å². The fourth-order valence-electron chi connectivity index (χ4n) is 5.46. The first-order valence-corrected chi connectivity index (χ1v) is 12.7. The molecule has 7 heteroatoms. The lowest BCUT2D eigenvalue weighted by molar-refractivity contribution is -0.142. The Morgan fingerprint density at radius 1 is 1.05 bits per heavy atom. The maximum Gasteiger partial charge on any atom is 0.331 e. The van der Waals surface area contributed by atoms with Crippen LogP contribution in [0.25, 0.3) is 11.1 Å². The number of likely N-dealkylation sites (tertiary alicyclic amines) is 1. The highest BCUT2D eigenvalue weighted by Gasteiger charge is 2.39. The first-order chi connectivity index (χ1) is 17.9. The highest BCUT2D eigenvalue weighted by molar-refractivity contribution is 6.01. The number of aliphatic carboxylic acids is 1. The number of nitrogens with zero attached hydrogens (tertiary/aromatic N) is 2. The van der Waals surface area contributed by atoms with Crippen molar-refractivity contribution in [2.24, 2.45) is 0 Å². The topological polar surface area (TPSA) is 70.1 Å². The van der Waals surface area contributed by atoms with Gasteiger partial charge in [0.05, 0.1) is 6.61 Å². The van der Waals surface area contributed by atoms with E-state index in [9.17, 15) is 19.1 Å². The second-order valence-electron chi connectivity index (χ2n) is 9.86. The van der Waals surface area contributed by atoms with Crippen LogP contribution < -0.4 is 4.74 Å². The van der Waals surface area contributed by atoms with Crippen molar-refractivity contribution in [1.82, 2.24) is 9.80 Å². The van der Waals surface area contributed by atoms with Crippen molar-refractivity contribution in [1.29, 1.82) is 0 Å². The predicted octanol–water partition coefficient (Wildman–Crippen LogP) is 5.48. The zero-order valence-electron chi connectivity index (χ0n) is 21.1. The summed E-state index contributed by atoms with van der Waals surface area (Å²) >= 11 is 0. The zero-order chi connectivity index (χ0) is 26.1. The number of piperidine rings is 1. The van der Waals surface area contributed by atoms with Gasteiger partial charge in [0.15, 0.2) is 6.04 Å². The Labute approximate surface area is 216 Å². The van der Waals surface area contributed by atoms with Crippen LogP contribution in [-0.2, 0) is 11.3 Å². The van der Waals surface area contributed by atoms with Crippen molar-refractivity contribution in [2.75, 3.05) is 26.7 Å². The number of hydrogen-bond acceptors (Lipinski definition) is 4. The van der Waals surface area contributed by atoms with Crippen LogP contribution in [0.2, 0.25) is 0 Å². The number of halogens is 1. The summed E-state index contributed by atoms with van der Waals surface area (Å²) in [6.45, 7) is 4.40. The average molecular weight is 503 g/mol. The van der Waals surface area contributed by atoms with Crippen molar-refractivity contribution >= 4 is 11.9 Å². The van der Waals surface area contributed by atoms with Crippen LogP contribution >= 0.6 is 0 Å². The molecule has 1 amide bonds. The molecule has 2 heterocycles. The third kappa shape index (κ3) is 4.96. The van der Waals surface area contributed by atoms with Crippen molar-refractivity contribution in [3.05, 3.63) is 88.7 Å². The zero-order valence-corrected chi connectivity index (χ0v) is 21.1. The minimum Gasteiger partial charge on any atom is -0.493 e. The van der Waals surface area contributed by atoms with Gasteiger partial charge in [-0.2, -0.15) is 0 Å². The van der Waals surface area contributed by atoms with E-state index in [0.717, 1.165) is 48.7 Å². The minimum atomic E-state index is -1.37. The molecule has 0 bridgehead atoms. The number of hydrogen-bond donors (Lipinski definition) is 1. The van der Waals surface area contributed by atoms with Gasteiger partial charge in [0, 0.05) is 17.7 Å². The number of ether oxygens (including phenoxy) is 1. The molecule has 37 heavy (non-hydrogen) atoms. The molecule has 2 aliphatic heterocycles. The molecule has 0 aromatic heterocycles. The molecule has 1 fully saturated rings. The molecule has 3 aromatic carbocycles. The van der Waals surface area contributed by atoms with Crippen LogP contribution in [0.3, 0.4) is 0 Å². The molecule has 0 spiro atoms. The second-order valence-corrected chi connectivity index (χ2v) is 9.86. The van der Waals surface area contributed by atoms with Crippen LogP contribution in [0.4, 0.5) is 4.39 Å². The molecular weight excluding hydrogens is 471 g/mol. The Kier molecular flexibility index (Phi) is 6.98. The smallest absolute Gasteiger partial charge is 0.331 e. The molecule has 0 saturated carbocycles. The van der Waals surface area contributed by atoms with Gasteiger partial charge in [-0.1, -0.05) is 36.4 Å². The number of carbonyl (C=O) groups is 2. The Bertz CT molecular complexity index is 1320. The summed E-state index contributed by atoms with van der Waals surface area (Å²) in [4.78, 5) is 29.4. The van der Waals surface area contributed by atoms with Gasteiger partial charge in [-0.15, -0.1) is 0 Å². The van der Waals surface area contributed by atoms with Crippen LogP contribution in [0.15, 0.2) is 60.7 Å². The molecule has 192 valence electrons. The van der Waals surface area contributed by atoms with E-state index in [1.165, 1.54) is 22.6 Å². The molecule has 1 atom stereocenters. The number of carboxylic acids is 1. The normalized spacial score (nSPS) is 17.1. The number of rotatable bonds is 7. The van der Waals surface area contributed by atoms with E-state index in [2.05, 4.69) is 36.2 Å². The number of amides is 1. The van der Waals surface area contributed by atoms with Gasteiger partial charge in [0.25, 0.3) is 5.91 Å². The van der Waals surface area contributed by atoms with Crippen molar-refractivity contribution in [3.8, 4) is 16.9 Å². The minimum absolute atomic E-state index is 0.125. The third-order valence-electron chi connectivity index (χ3n) is 7.49. The summed E-state index contributed by atoms with van der Waals surface area (Å²) in [6, 6.07) is 16.6. The highest BCUT2D eigenvalue weighted by atomic mass is 19.1. The van der Waals surface area contributed by atoms with Crippen molar-refractivity contribution < 1.29 is 23.8 Å². The second kappa shape index (κ2) is 10.3. The summed E-state index contributed by atoms with van der Waals surface area (Å²) in [5, 5.41) is 10.1. The molecule has 3 aromatic rings. The Morgan fingerprint density at radius 3 is 2.43 bits per heavy atom. The lowest BCUT2D eigenvalue weighted by Gasteiger charge is -2.29. The first kappa shape index (κ1) is 25.0. The molecule has 5 rings (SSSR count). The molecule has 6 nitrogen and oxygen atoms in total. The third-order valence-corrected chi connectivity index (χ3v) is 7.49. The molecule has 1 unspecified atom stereocenters. The Balaban J connectivity index is 1.41. The average Bonchev–Trinajstić information content (AvgIpc) is 3.21. The van der Waals surface area contributed by atoms with Gasteiger partial charge in [-0.25, -0.2) is 9.18 Å².